The minimum Gasteiger partial charge on any atom is -0.461 e. The molecular weight excluding hydrogens is 556 g/mol. The molecule has 12 heteroatoms. The molecule has 224 valence electrons. The number of nitrogens with zero attached hydrogens (tertiary/aromatic N) is 7. The summed E-state index contributed by atoms with van der Waals surface area (Å²) in [6.45, 7) is 14.7. The number of ether oxygens (including phenoxy) is 2. The third kappa shape index (κ3) is 6.08. The summed E-state index contributed by atoms with van der Waals surface area (Å²) in [5, 5.41) is 1.23. The van der Waals surface area contributed by atoms with Crippen LogP contribution in [0.2, 0.25) is 0 Å². The molecule has 6 rings (SSSR count). The van der Waals surface area contributed by atoms with E-state index in [1.54, 1.807) is 18.5 Å². The topological polar surface area (TPSA) is 88.3 Å². The summed E-state index contributed by atoms with van der Waals surface area (Å²) in [6.07, 6.45) is 6.16. The molecule has 0 radical (unpaired) electrons. The lowest BCUT2D eigenvalue weighted by molar-refractivity contribution is -0.131. The predicted molar refractivity (Wildman–Crippen MR) is 157 cm³/mol. The molecule has 2 aliphatic heterocycles. The van der Waals surface area contributed by atoms with E-state index in [1.165, 1.54) is 11.0 Å². The third-order valence-corrected chi connectivity index (χ3v) is 8.05. The Balaban J connectivity index is 1.32. The number of anilines is 2. The first-order chi connectivity index (χ1) is 20.8. The first-order valence-electron chi connectivity index (χ1n) is 14.5. The van der Waals surface area contributed by atoms with E-state index >= 15 is 0 Å². The molecule has 4 heterocycles. The van der Waals surface area contributed by atoms with E-state index in [9.17, 15) is 13.6 Å². The normalized spacial score (nSPS) is 19.1. The van der Waals surface area contributed by atoms with Crippen molar-refractivity contribution in [3.8, 4) is 6.01 Å². The first-order valence-corrected chi connectivity index (χ1v) is 14.5. The highest BCUT2D eigenvalue weighted by atomic mass is 19.1. The number of benzene rings is 1. The second-order valence-electron chi connectivity index (χ2n) is 11.2. The van der Waals surface area contributed by atoms with Gasteiger partial charge in [0.25, 0.3) is 5.91 Å². The minimum atomic E-state index is -1.04. The summed E-state index contributed by atoms with van der Waals surface area (Å²) >= 11 is 0. The quantitative estimate of drug-likeness (QED) is 0.273. The SMILES string of the molecule is [C-]#[N+]C[C@H]1CN(c2nc(OC[C@@H](C)OC3CC3)nc3c2CCN(c2cncc4cccc(F)c24)C3)CCN1C(=O)C(=C)F. The van der Waals surface area contributed by atoms with Gasteiger partial charge in [-0.3, -0.25) is 9.78 Å². The van der Waals surface area contributed by atoms with Crippen molar-refractivity contribution in [3.63, 3.8) is 0 Å². The molecule has 10 nitrogen and oxygen atoms in total. The van der Waals surface area contributed by atoms with Gasteiger partial charge in [0.15, 0.2) is 5.83 Å². The van der Waals surface area contributed by atoms with E-state index < -0.39 is 17.8 Å². The van der Waals surface area contributed by atoms with Crippen LogP contribution in [0.25, 0.3) is 15.6 Å². The molecule has 1 aliphatic carbocycles. The lowest BCUT2D eigenvalue weighted by atomic mass is 10.0. The molecule has 3 aromatic rings. The molecule has 1 saturated carbocycles. The number of rotatable bonds is 9. The first kappa shape index (κ1) is 28.7. The van der Waals surface area contributed by atoms with Crippen molar-refractivity contribution in [2.45, 2.75) is 51.0 Å². The molecule has 2 fully saturated rings. The van der Waals surface area contributed by atoms with Crippen molar-refractivity contribution in [1.82, 2.24) is 19.9 Å². The van der Waals surface area contributed by atoms with Gasteiger partial charge in [0.05, 0.1) is 36.3 Å². The number of fused-ring (bicyclic) bond motifs is 2. The summed E-state index contributed by atoms with van der Waals surface area (Å²) in [5.74, 6) is -1.48. The Morgan fingerprint density at radius 3 is 2.81 bits per heavy atom. The Labute approximate surface area is 248 Å². The molecule has 2 atom stereocenters. The number of hydrogen-bond acceptors (Lipinski definition) is 8. The third-order valence-electron chi connectivity index (χ3n) is 8.05. The van der Waals surface area contributed by atoms with E-state index in [-0.39, 0.29) is 43.7 Å². The second-order valence-corrected chi connectivity index (χ2v) is 11.2. The van der Waals surface area contributed by atoms with E-state index in [0.717, 1.165) is 29.5 Å². The number of aromatic nitrogens is 3. The van der Waals surface area contributed by atoms with Gasteiger partial charge in [0.2, 0.25) is 6.54 Å². The van der Waals surface area contributed by atoms with Crippen molar-refractivity contribution in [3.05, 3.63) is 71.5 Å². The van der Waals surface area contributed by atoms with Crippen molar-refractivity contribution in [1.29, 1.82) is 0 Å². The van der Waals surface area contributed by atoms with Crippen LogP contribution in [0.15, 0.2) is 43.0 Å². The Hall–Kier alpha value is -4.37. The summed E-state index contributed by atoms with van der Waals surface area (Å²) in [6, 6.07) is 4.62. The van der Waals surface area contributed by atoms with Crippen LogP contribution < -0.4 is 14.5 Å². The van der Waals surface area contributed by atoms with Gasteiger partial charge in [-0.25, -0.2) is 15.4 Å². The molecule has 1 saturated heterocycles. The number of piperazine rings is 1. The standard InChI is InChI=1S/C31H33F2N7O3/c1-19(43-23-7-8-23)18-42-31-36-26-17-38(27-15-35-13-21-5-4-6-25(33)28(21)27)10-9-24(26)29(37-31)39-11-12-40(30(41)20(2)32)22(16-39)14-34-3/h4-6,13,15,19,22-23H,2,7-12,14,16-18H2,1H3/t19-,22+/m1/s1. The average molecular weight is 590 g/mol. The fourth-order valence-corrected chi connectivity index (χ4v) is 5.83. The molecule has 0 bridgehead atoms. The maximum absolute atomic E-state index is 15.0. The molecule has 1 amide bonds. The highest BCUT2D eigenvalue weighted by Crippen LogP contribution is 2.35. The Morgan fingerprint density at radius 2 is 2.05 bits per heavy atom. The Kier molecular flexibility index (Phi) is 8.08. The minimum absolute atomic E-state index is 0.0234. The van der Waals surface area contributed by atoms with Crippen LogP contribution in [0.3, 0.4) is 0 Å². The molecule has 0 spiro atoms. The lowest BCUT2D eigenvalue weighted by Gasteiger charge is -2.41. The summed E-state index contributed by atoms with van der Waals surface area (Å²) < 4.78 is 40.7. The van der Waals surface area contributed by atoms with Crippen LogP contribution in [0.1, 0.15) is 31.0 Å². The van der Waals surface area contributed by atoms with E-state index in [1.807, 2.05) is 17.9 Å². The van der Waals surface area contributed by atoms with Crippen molar-refractivity contribution in [2.75, 3.05) is 49.1 Å². The number of hydrogen-bond donors (Lipinski definition) is 0. The van der Waals surface area contributed by atoms with Crippen LogP contribution in [0.4, 0.5) is 20.3 Å². The molecule has 0 N–H and O–H groups in total. The number of carbonyl (C=O) groups is 1. The van der Waals surface area contributed by atoms with E-state index in [0.29, 0.717) is 49.5 Å². The van der Waals surface area contributed by atoms with Gasteiger partial charge in [-0.2, -0.15) is 9.97 Å². The maximum atomic E-state index is 15.0. The largest absolute Gasteiger partial charge is 0.461 e. The maximum Gasteiger partial charge on any atom is 0.318 e. The fraction of sp³-hybridized carbons (Fsp3) is 0.452. The second kappa shape index (κ2) is 12.1. The van der Waals surface area contributed by atoms with Gasteiger partial charge in [0, 0.05) is 48.7 Å². The zero-order valence-corrected chi connectivity index (χ0v) is 24.0. The van der Waals surface area contributed by atoms with Crippen LogP contribution in [0, 0.1) is 12.4 Å². The van der Waals surface area contributed by atoms with Gasteiger partial charge < -0.3 is 29.0 Å². The van der Waals surface area contributed by atoms with Crippen LogP contribution >= 0.6 is 0 Å². The van der Waals surface area contributed by atoms with Gasteiger partial charge in [-0.1, -0.05) is 18.7 Å². The molecular formula is C31H33F2N7O3. The van der Waals surface area contributed by atoms with Crippen molar-refractivity contribution in [2.24, 2.45) is 0 Å². The zero-order chi connectivity index (χ0) is 30.1. The molecule has 3 aliphatic rings. The summed E-state index contributed by atoms with van der Waals surface area (Å²) in [7, 11) is 0. The molecule has 43 heavy (non-hydrogen) atoms. The molecule has 2 aromatic heterocycles. The number of amides is 1. The van der Waals surface area contributed by atoms with Gasteiger partial charge in [-0.05, 0) is 32.3 Å². The number of halogens is 2. The van der Waals surface area contributed by atoms with E-state index in [2.05, 4.69) is 21.3 Å². The summed E-state index contributed by atoms with van der Waals surface area (Å²) in [4.78, 5) is 35.4. The number of carbonyl (C=O) groups excluding carboxylic acids is 1. The summed E-state index contributed by atoms with van der Waals surface area (Å²) in [5.41, 5.74) is 2.36. The highest BCUT2D eigenvalue weighted by molar-refractivity contribution is 5.94. The highest BCUT2D eigenvalue weighted by Gasteiger charge is 2.36. The van der Waals surface area contributed by atoms with Crippen LogP contribution in [0.5, 0.6) is 6.01 Å². The Morgan fingerprint density at radius 1 is 1.21 bits per heavy atom. The Bertz CT molecular complexity index is 1590. The lowest BCUT2D eigenvalue weighted by Crippen LogP contribution is -2.57. The monoisotopic (exact) mass is 589 g/mol. The smallest absolute Gasteiger partial charge is 0.318 e. The van der Waals surface area contributed by atoms with E-state index in [4.69, 9.17) is 26.0 Å². The van der Waals surface area contributed by atoms with Crippen molar-refractivity contribution < 1.29 is 23.0 Å². The number of pyridine rings is 1. The molecule has 1 aromatic carbocycles. The van der Waals surface area contributed by atoms with Crippen LogP contribution in [-0.4, -0.2) is 83.3 Å². The van der Waals surface area contributed by atoms with Gasteiger partial charge in [-0.15, -0.1) is 0 Å². The van der Waals surface area contributed by atoms with Gasteiger partial charge >= 0.3 is 6.01 Å². The predicted octanol–water partition coefficient (Wildman–Crippen LogP) is 4.09. The van der Waals surface area contributed by atoms with Crippen molar-refractivity contribution >= 4 is 28.2 Å². The van der Waals surface area contributed by atoms with Crippen LogP contribution in [-0.2, 0) is 22.5 Å². The zero-order valence-electron chi connectivity index (χ0n) is 24.0. The average Bonchev–Trinajstić information content (AvgIpc) is 3.83. The fourth-order valence-electron chi connectivity index (χ4n) is 5.83. The van der Waals surface area contributed by atoms with Gasteiger partial charge in [0.1, 0.15) is 24.3 Å². The molecule has 0 unspecified atom stereocenters.